The molecule has 0 atom stereocenters. The summed E-state index contributed by atoms with van der Waals surface area (Å²) in [6.45, 7) is 1.93. The summed E-state index contributed by atoms with van der Waals surface area (Å²) in [5, 5.41) is 0. The first kappa shape index (κ1) is 10.5. The fourth-order valence-corrected chi connectivity index (χ4v) is 2.94. The second-order valence-electron chi connectivity index (χ2n) is 5.03. The molecule has 2 aliphatic rings. The maximum absolute atomic E-state index is 11.3. The molecule has 1 aliphatic heterocycles. The van der Waals surface area contributed by atoms with Gasteiger partial charge in [0.05, 0.1) is 13.0 Å². The molecule has 5 nitrogen and oxygen atoms in total. The highest BCUT2D eigenvalue weighted by molar-refractivity contribution is 5.74. The number of aromatic nitrogens is 2. The fourth-order valence-electron chi connectivity index (χ4n) is 2.94. The predicted molar refractivity (Wildman–Crippen MR) is 61.4 cm³/mol. The lowest BCUT2D eigenvalue weighted by Gasteiger charge is -2.58. The van der Waals surface area contributed by atoms with E-state index in [1.807, 2.05) is 6.07 Å². The lowest BCUT2D eigenvalue weighted by molar-refractivity contribution is -0.155. The lowest BCUT2D eigenvalue weighted by Crippen LogP contribution is -2.63. The molecule has 0 radical (unpaired) electrons. The third kappa shape index (κ3) is 1.66. The maximum Gasteiger partial charge on any atom is 0.308 e. The molecule has 0 bridgehead atoms. The molecule has 2 fully saturated rings. The van der Waals surface area contributed by atoms with E-state index in [0.29, 0.717) is 5.41 Å². The van der Waals surface area contributed by atoms with Crippen molar-refractivity contribution in [2.75, 3.05) is 25.1 Å². The predicted octanol–water partition coefficient (Wildman–Crippen LogP) is 0.866. The second kappa shape index (κ2) is 3.68. The first-order chi connectivity index (χ1) is 8.22. The van der Waals surface area contributed by atoms with Crippen LogP contribution in [0.4, 0.5) is 5.95 Å². The molecule has 1 spiro atoms. The van der Waals surface area contributed by atoms with Crippen LogP contribution in [0.2, 0.25) is 0 Å². The number of carbonyl (C=O) groups excluding carboxylic acids is 1. The molecule has 1 saturated heterocycles. The van der Waals surface area contributed by atoms with Gasteiger partial charge in [-0.3, -0.25) is 4.79 Å². The zero-order valence-electron chi connectivity index (χ0n) is 9.80. The van der Waals surface area contributed by atoms with Crippen molar-refractivity contribution >= 4 is 11.9 Å². The first-order valence-corrected chi connectivity index (χ1v) is 5.82. The average Bonchev–Trinajstić information content (AvgIpc) is 2.26. The summed E-state index contributed by atoms with van der Waals surface area (Å²) in [5.74, 6) is 0.837. The molecule has 0 N–H and O–H groups in total. The van der Waals surface area contributed by atoms with Gasteiger partial charge >= 0.3 is 5.97 Å². The monoisotopic (exact) mass is 233 g/mol. The van der Waals surface area contributed by atoms with Crippen molar-refractivity contribution in [2.24, 2.45) is 11.3 Å². The Balaban J connectivity index is 1.55. The maximum atomic E-state index is 11.3. The van der Waals surface area contributed by atoms with Gasteiger partial charge in [0, 0.05) is 30.9 Å². The van der Waals surface area contributed by atoms with Crippen molar-refractivity contribution in [3.8, 4) is 0 Å². The van der Waals surface area contributed by atoms with Gasteiger partial charge in [0.2, 0.25) is 5.95 Å². The van der Waals surface area contributed by atoms with Gasteiger partial charge in [-0.05, 0) is 18.9 Å². The molecule has 1 aromatic rings. The van der Waals surface area contributed by atoms with Gasteiger partial charge in [-0.15, -0.1) is 0 Å². The number of carbonyl (C=O) groups is 1. The highest BCUT2D eigenvalue weighted by Gasteiger charge is 2.55. The smallest absolute Gasteiger partial charge is 0.308 e. The van der Waals surface area contributed by atoms with Crippen molar-refractivity contribution in [3.05, 3.63) is 18.5 Å². The van der Waals surface area contributed by atoms with Gasteiger partial charge < -0.3 is 9.64 Å². The minimum absolute atomic E-state index is 0.0648. The number of hydrogen-bond donors (Lipinski definition) is 0. The normalized spacial score (nSPS) is 21.8. The minimum Gasteiger partial charge on any atom is -0.469 e. The Bertz CT molecular complexity index is 421. The number of rotatable bonds is 2. The van der Waals surface area contributed by atoms with Gasteiger partial charge in [0.25, 0.3) is 0 Å². The van der Waals surface area contributed by atoms with Crippen LogP contribution in [0.5, 0.6) is 0 Å². The quantitative estimate of drug-likeness (QED) is 0.709. The Morgan fingerprint density at radius 3 is 2.65 bits per heavy atom. The summed E-state index contributed by atoms with van der Waals surface area (Å²) in [6.07, 6.45) is 5.41. The van der Waals surface area contributed by atoms with E-state index in [0.717, 1.165) is 31.9 Å². The molecule has 3 rings (SSSR count). The van der Waals surface area contributed by atoms with Crippen LogP contribution in [-0.4, -0.2) is 36.1 Å². The van der Waals surface area contributed by atoms with Crippen LogP contribution in [0.15, 0.2) is 18.5 Å². The average molecular weight is 233 g/mol. The summed E-state index contributed by atoms with van der Waals surface area (Å²) in [4.78, 5) is 21.9. The van der Waals surface area contributed by atoms with Crippen LogP contribution in [0.1, 0.15) is 12.8 Å². The zero-order chi connectivity index (χ0) is 11.9. The van der Waals surface area contributed by atoms with Crippen LogP contribution in [-0.2, 0) is 9.53 Å². The second-order valence-corrected chi connectivity index (χ2v) is 5.03. The molecular formula is C12H15N3O2. The highest BCUT2D eigenvalue weighted by atomic mass is 16.5. The highest BCUT2D eigenvalue weighted by Crippen LogP contribution is 2.52. The number of hydrogen-bond acceptors (Lipinski definition) is 5. The van der Waals surface area contributed by atoms with E-state index in [2.05, 4.69) is 14.9 Å². The van der Waals surface area contributed by atoms with Crippen LogP contribution in [0, 0.1) is 11.3 Å². The molecular weight excluding hydrogens is 218 g/mol. The summed E-state index contributed by atoms with van der Waals surface area (Å²) in [6, 6.07) is 1.82. The third-order valence-electron chi connectivity index (χ3n) is 3.78. The molecule has 1 aliphatic carbocycles. The zero-order valence-corrected chi connectivity index (χ0v) is 9.80. The first-order valence-electron chi connectivity index (χ1n) is 5.82. The van der Waals surface area contributed by atoms with Gasteiger partial charge in [-0.1, -0.05) is 0 Å². The van der Waals surface area contributed by atoms with Gasteiger partial charge in [0.15, 0.2) is 0 Å². The number of ether oxygens (including phenoxy) is 1. The molecule has 90 valence electrons. The molecule has 0 unspecified atom stereocenters. The Morgan fingerprint density at radius 1 is 1.41 bits per heavy atom. The topological polar surface area (TPSA) is 55.3 Å². The number of anilines is 1. The standard InChI is InChI=1S/C12H15N3O2/c1-17-10(16)9-5-12(6-9)7-15(8-12)11-13-3-2-4-14-11/h2-4,9H,5-8H2,1H3. The van der Waals surface area contributed by atoms with E-state index in [4.69, 9.17) is 4.74 Å². The molecule has 2 heterocycles. The summed E-state index contributed by atoms with van der Waals surface area (Å²) >= 11 is 0. The van der Waals surface area contributed by atoms with E-state index in [9.17, 15) is 4.79 Å². The van der Waals surface area contributed by atoms with Gasteiger partial charge in [0.1, 0.15) is 0 Å². The Hall–Kier alpha value is -1.65. The van der Waals surface area contributed by atoms with E-state index < -0.39 is 0 Å². The Kier molecular flexibility index (Phi) is 2.28. The molecule has 1 saturated carbocycles. The van der Waals surface area contributed by atoms with Crippen molar-refractivity contribution in [2.45, 2.75) is 12.8 Å². The summed E-state index contributed by atoms with van der Waals surface area (Å²) in [7, 11) is 1.46. The van der Waals surface area contributed by atoms with E-state index in [-0.39, 0.29) is 11.9 Å². The Morgan fingerprint density at radius 2 is 2.06 bits per heavy atom. The summed E-state index contributed by atoms with van der Waals surface area (Å²) < 4.78 is 4.75. The van der Waals surface area contributed by atoms with Crippen LogP contribution >= 0.6 is 0 Å². The van der Waals surface area contributed by atoms with Crippen molar-refractivity contribution in [3.63, 3.8) is 0 Å². The van der Waals surface area contributed by atoms with Crippen LogP contribution in [0.3, 0.4) is 0 Å². The van der Waals surface area contributed by atoms with Crippen LogP contribution < -0.4 is 4.90 Å². The van der Waals surface area contributed by atoms with Gasteiger partial charge in [-0.25, -0.2) is 9.97 Å². The van der Waals surface area contributed by atoms with E-state index in [1.54, 1.807) is 12.4 Å². The van der Waals surface area contributed by atoms with Gasteiger partial charge in [-0.2, -0.15) is 0 Å². The number of esters is 1. The van der Waals surface area contributed by atoms with Crippen molar-refractivity contribution in [1.29, 1.82) is 0 Å². The molecule has 0 amide bonds. The van der Waals surface area contributed by atoms with Crippen molar-refractivity contribution in [1.82, 2.24) is 9.97 Å². The number of nitrogens with zero attached hydrogens (tertiary/aromatic N) is 3. The molecule has 1 aromatic heterocycles. The fraction of sp³-hybridized carbons (Fsp3) is 0.583. The number of methoxy groups -OCH3 is 1. The van der Waals surface area contributed by atoms with Crippen LogP contribution in [0.25, 0.3) is 0 Å². The molecule has 5 heteroatoms. The van der Waals surface area contributed by atoms with Crippen molar-refractivity contribution < 1.29 is 9.53 Å². The third-order valence-corrected chi connectivity index (χ3v) is 3.78. The summed E-state index contributed by atoms with van der Waals surface area (Å²) in [5.41, 5.74) is 0.318. The minimum atomic E-state index is -0.0648. The molecule has 0 aromatic carbocycles. The van der Waals surface area contributed by atoms with E-state index in [1.165, 1.54) is 7.11 Å². The Labute approximate surface area is 99.8 Å². The van der Waals surface area contributed by atoms with E-state index >= 15 is 0 Å². The lowest BCUT2D eigenvalue weighted by atomic mass is 9.58. The largest absolute Gasteiger partial charge is 0.469 e. The SMILES string of the molecule is COC(=O)C1CC2(C1)CN(c1ncccn1)C2. The molecule has 17 heavy (non-hydrogen) atoms.